The van der Waals surface area contributed by atoms with Crippen molar-refractivity contribution in [1.82, 2.24) is 15.6 Å². The van der Waals surface area contributed by atoms with E-state index in [0.29, 0.717) is 37.4 Å². The Kier molecular flexibility index (Phi) is 6.29. The number of hydrogen-bond acceptors (Lipinski definition) is 5. The maximum atomic E-state index is 12.5. The number of morpholine rings is 1. The molecular weight excluding hydrogens is 332 g/mol. The van der Waals surface area contributed by atoms with E-state index >= 15 is 0 Å². The molecule has 7 heteroatoms. The lowest BCUT2D eigenvalue weighted by Gasteiger charge is -2.23. The molecule has 0 aliphatic carbocycles. The van der Waals surface area contributed by atoms with Crippen LogP contribution in [0.25, 0.3) is 0 Å². The number of pyridine rings is 1. The number of anilines is 1. The van der Waals surface area contributed by atoms with Gasteiger partial charge in [0.1, 0.15) is 0 Å². The van der Waals surface area contributed by atoms with E-state index in [9.17, 15) is 9.59 Å². The van der Waals surface area contributed by atoms with E-state index in [-0.39, 0.29) is 17.9 Å². The summed E-state index contributed by atoms with van der Waals surface area (Å²) in [5, 5.41) is 8.92. The van der Waals surface area contributed by atoms with Crippen molar-refractivity contribution in [3.05, 3.63) is 59.9 Å². The largest absolute Gasteiger partial charge is 0.378 e. The van der Waals surface area contributed by atoms with E-state index in [1.165, 1.54) is 0 Å². The molecule has 0 saturated carbocycles. The summed E-state index contributed by atoms with van der Waals surface area (Å²) in [4.78, 5) is 28.8. The molecule has 3 N–H and O–H groups in total. The van der Waals surface area contributed by atoms with Crippen LogP contribution in [-0.4, -0.2) is 42.6 Å². The quantitative estimate of drug-likeness (QED) is 0.728. The van der Waals surface area contributed by atoms with Crippen molar-refractivity contribution in [2.45, 2.75) is 19.0 Å². The van der Waals surface area contributed by atoms with Crippen molar-refractivity contribution in [2.24, 2.45) is 0 Å². The molecule has 136 valence electrons. The number of ether oxygens (including phenoxy) is 1. The molecule has 2 heterocycles. The summed E-state index contributed by atoms with van der Waals surface area (Å²) in [5.74, 6) is -0.399. The molecule has 1 aromatic heterocycles. The van der Waals surface area contributed by atoms with Crippen LogP contribution < -0.4 is 16.0 Å². The maximum Gasteiger partial charge on any atom is 0.253 e. The zero-order valence-electron chi connectivity index (χ0n) is 14.4. The van der Waals surface area contributed by atoms with E-state index in [1.54, 1.807) is 36.7 Å². The number of para-hydroxylation sites is 1. The molecule has 2 amide bonds. The maximum absolute atomic E-state index is 12.5. The van der Waals surface area contributed by atoms with Crippen LogP contribution in [0.4, 0.5) is 5.69 Å². The number of aromatic nitrogens is 1. The number of carbonyl (C=O) groups is 2. The third-order valence-electron chi connectivity index (χ3n) is 4.05. The first-order valence-electron chi connectivity index (χ1n) is 8.59. The average molecular weight is 354 g/mol. The van der Waals surface area contributed by atoms with Crippen LogP contribution in [0.3, 0.4) is 0 Å². The Hall–Kier alpha value is -2.77. The Bertz CT molecular complexity index is 745. The zero-order chi connectivity index (χ0) is 18.2. The van der Waals surface area contributed by atoms with Crippen molar-refractivity contribution in [3.63, 3.8) is 0 Å². The molecule has 26 heavy (non-hydrogen) atoms. The summed E-state index contributed by atoms with van der Waals surface area (Å²) in [6.45, 7) is 2.29. The van der Waals surface area contributed by atoms with Crippen LogP contribution in [0.2, 0.25) is 0 Å². The van der Waals surface area contributed by atoms with E-state index in [2.05, 4.69) is 20.9 Å². The first-order valence-corrected chi connectivity index (χ1v) is 8.59. The molecular formula is C19H22N4O3. The SMILES string of the molecule is O=C(CC1COCCN1)Nc1ccccc1C(=O)NCc1cccnc1. The number of nitrogens with one attached hydrogen (secondary N) is 3. The summed E-state index contributed by atoms with van der Waals surface area (Å²) in [6, 6.07) is 10.7. The van der Waals surface area contributed by atoms with Crippen LogP contribution in [-0.2, 0) is 16.1 Å². The summed E-state index contributed by atoms with van der Waals surface area (Å²) >= 11 is 0. The van der Waals surface area contributed by atoms with Crippen LogP contribution >= 0.6 is 0 Å². The van der Waals surface area contributed by atoms with E-state index in [0.717, 1.165) is 12.1 Å². The minimum absolute atomic E-state index is 0.00433. The first-order chi connectivity index (χ1) is 12.7. The second-order valence-corrected chi connectivity index (χ2v) is 6.07. The second kappa shape index (κ2) is 9.07. The van der Waals surface area contributed by atoms with Gasteiger partial charge in [0, 0.05) is 37.9 Å². The smallest absolute Gasteiger partial charge is 0.253 e. The van der Waals surface area contributed by atoms with Crippen molar-refractivity contribution in [3.8, 4) is 0 Å². The minimum atomic E-state index is -0.246. The summed E-state index contributed by atoms with van der Waals surface area (Å²) < 4.78 is 5.36. The van der Waals surface area contributed by atoms with Gasteiger partial charge in [0.25, 0.3) is 5.91 Å². The lowest BCUT2D eigenvalue weighted by Crippen LogP contribution is -2.43. The van der Waals surface area contributed by atoms with Crippen molar-refractivity contribution in [2.75, 3.05) is 25.1 Å². The molecule has 2 aromatic rings. The predicted octanol–water partition coefficient (Wildman–Crippen LogP) is 1.33. The fourth-order valence-corrected chi connectivity index (χ4v) is 2.75. The van der Waals surface area contributed by atoms with Crippen LogP contribution in [0.1, 0.15) is 22.3 Å². The predicted molar refractivity (Wildman–Crippen MR) is 97.7 cm³/mol. The summed E-state index contributed by atoms with van der Waals surface area (Å²) in [5.41, 5.74) is 1.83. The minimum Gasteiger partial charge on any atom is -0.378 e. The Morgan fingerprint density at radius 1 is 1.23 bits per heavy atom. The van der Waals surface area contributed by atoms with Gasteiger partial charge in [0.05, 0.1) is 24.5 Å². The Balaban J connectivity index is 1.59. The highest BCUT2D eigenvalue weighted by Gasteiger charge is 2.18. The molecule has 1 aliphatic heterocycles. The molecule has 1 saturated heterocycles. The Morgan fingerprint density at radius 2 is 2.12 bits per heavy atom. The van der Waals surface area contributed by atoms with E-state index < -0.39 is 0 Å². The van der Waals surface area contributed by atoms with Gasteiger partial charge >= 0.3 is 0 Å². The van der Waals surface area contributed by atoms with Gasteiger partial charge in [-0.25, -0.2) is 0 Å². The molecule has 0 spiro atoms. The fourth-order valence-electron chi connectivity index (χ4n) is 2.75. The van der Waals surface area contributed by atoms with Gasteiger partial charge in [-0.2, -0.15) is 0 Å². The number of amides is 2. The molecule has 7 nitrogen and oxygen atoms in total. The molecule has 3 rings (SSSR count). The molecule has 1 fully saturated rings. The number of rotatable bonds is 6. The topological polar surface area (TPSA) is 92.4 Å². The molecule has 1 aliphatic rings. The lowest BCUT2D eigenvalue weighted by atomic mass is 10.1. The Labute approximate surface area is 152 Å². The molecule has 1 atom stereocenters. The summed E-state index contributed by atoms with van der Waals surface area (Å²) in [7, 11) is 0. The van der Waals surface area contributed by atoms with Gasteiger partial charge in [-0.05, 0) is 23.8 Å². The zero-order valence-corrected chi connectivity index (χ0v) is 14.4. The van der Waals surface area contributed by atoms with E-state index in [4.69, 9.17) is 4.74 Å². The highest BCUT2D eigenvalue weighted by atomic mass is 16.5. The molecule has 1 unspecified atom stereocenters. The average Bonchev–Trinajstić information content (AvgIpc) is 2.68. The highest BCUT2D eigenvalue weighted by Crippen LogP contribution is 2.16. The van der Waals surface area contributed by atoms with Crippen LogP contribution in [0.15, 0.2) is 48.8 Å². The van der Waals surface area contributed by atoms with Crippen LogP contribution in [0, 0.1) is 0 Å². The fraction of sp³-hybridized carbons (Fsp3) is 0.316. The molecule has 0 bridgehead atoms. The Morgan fingerprint density at radius 3 is 2.88 bits per heavy atom. The first kappa shape index (κ1) is 18.0. The van der Waals surface area contributed by atoms with Gasteiger partial charge in [-0.15, -0.1) is 0 Å². The van der Waals surface area contributed by atoms with Gasteiger partial charge in [-0.1, -0.05) is 18.2 Å². The lowest BCUT2D eigenvalue weighted by molar-refractivity contribution is -0.117. The van der Waals surface area contributed by atoms with Crippen molar-refractivity contribution in [1.29, 1.82) is 0 Å². The van der Waals surface area contributed by atoms with Gasteiger partial charge in [-0.3, -0.25) is 14.6 Å². The van der Waals surface area contributed by atoms with E-state index in [1.807, 2.05) is 12.1 Å². The second-order valence-electron chi connectivity index (χ2n) is 6.07. The summed E-state index contributed by atoms with van der Waals surface area (Å²) in [6.07, 6.45) is 3.68. The normalized spacial score (nSPS) is 16.7. The van der Waals surface area contributed by atoms with Crippen molar-refractivity contribution >= 4 is 17.5 Å². The van der Waals surface area contributed by atoms with Gasteiger partial charge in [0.2, 0.25) is 5.91 Å². The number of nitrogens with zero attached hydrogens (tertiary/aromatic N) is 1. The third kappa shape index (κ3) is 5.11. The number of hydrogen-bond donors (Lipinski definition) is 3. The highest BCUT2D eigenvalue weighted by molar-refractivity contribution is 6.03. The standard InChI is InChI=1S/C19H22N4O3/c24-18(10-15-13-26-9-8-21-15)23-17-6-2-1-5-16(17)19(25)22-12-14-4-3-7-20-11-14/h1-7,11,15,21H,8-10,12-13H2,(H,22,25)(H,23,24). The number of benzene rings is 1. The number of carbonyl (C=O) groups excluding carboxylic acids is 2. The van der Waals surface area contributed by atoms with Crippen molar-refractivity contribution < 1.29 is 14.3 Å². The monoisotopic (exact) mass is 354 g/mol. The van der Waals surface area contributed by atoms with Gasteiger partial charge in [0.15, 0.2) is 0 Å². The third-order valence-corrected chi connectivity index (χ3v) is 4.05. The van der Waals surface area contributed by atoms with Crippen LogP contribution in [0.5, 0.6) is 0 Å². The molecule has 0 radical (unpaired) electrons. The van der Waals surface area contributed by atoms with Gasteiger partial charge < -0.3 is 20.7 Å². The molecule has 1 aromatic carbocycles.